The third-order valence-corrected chi connectivity index (χ3v) is 2.25. The average molecular weight is 201 g/mol. The summed E-state index contributed by atoms with van der Waals surface area (Å²) in [6.45, 7) is 7.06. The molecule has 1 unspecified atom stereocenters. The molecule has 1 N–H and O–H groups in total. The van der Waals surface area contributed by atoms with Gasteiger partial charge in [0.2, 0.25) is 0 Å². The monoisotopic (exact) mass is 201 g/mol. The van der Waals surface area contributed by atoms with Crippen molar-refractivity contribution in [2.24, 2.45) is 0 Å². The van der Waals surface area contributed by atoms with E-state index in [0.717, 1.165) is 13.0 Å². The van der Waals surface area contributed by atoms with Gasteiger partial charge in [-0.3, -0.25) is 9.69 Å². The van der Waals surface area contributed by atoms with Gasteiger partial charge in [-0.05, 0) is 27.2 Å². The van der Waals surface area contributed by atoms with Crippen molar-refractivity contribution in [3.8, 4) is 0 Å². The second-order valence-corrected chi connectivity index (χ2v) is 4.50. The van der Waals surface area contributed by atoms with Crippen LogP contribution in [0.1, 0.15) is 27.2 Å². The molecule has 1 atom stereocenters. The Labute approximate surface area is 84.8 Å². The molecule has 1 fully saturated rings. The van der Waals surface area contributed by atoms with Crippen molar-refractivity contribution in [3.05, 3.63) is 0 Å². The summed E-state index contributed by atoms with van der Waals surface area (Å²) in [5, 5.41) is 9.67. The van der Waals surface area contributed by atoms with Gasteiger partial charge in [0.25, 0.3) is 0 Å². The molecule has 1 aliphatic heterocycles. The molecule has 82 valence electrons. The molecule has 0 aromatic heterocycles. The van der Waals surface area contributed by atoms with Crippen LogP contribution in [0.25, 0.3) is 0 Å². The maximum Gasteiger partial charge on any atom is 0.320 e. The summed E-state index contributed by atoms with van der Waals surface area (Å²) < 4.78 is 5.02. The van der Waals surface area contributed by atoms with Crippen molar-refractivity contribution in [1.29, 1.82) is 0 Å². The fourth-order valence-electron chi connectivity index (χ4n) is 1.66. The first-order chi connectivity index (χ1) is 6.39. The molecule has 14 heavy (non-hydrogen) atoms. The van der Waals surface area contributed by atoms with Crippen LogP contribution in [0.15, 0.2) is 0 Å². The molecule has 0 aliphatic carbocycles. The largest absolute Gasteiger partial charge is 0.462 e. The molecule has 1 saturated heterocycles. The summed E-state index contributed by atoms with van der Waals surface area (Å²) >= 11 is 0. The van der Waals surface area contributed by atoms with E-state index in [1.807, 2.05) is 18.7 Å². The van der Waals surface area contributed by atoms with E-state index in [1.54, 1.807) is 6.92 Å². The number of carbonyl (C=O) groups excluding carboxylic acids is 1. The zero-order valence-electron chi connectivity index (χ0n) is 9.12. The highest BCUT2D eigenvalue weighted by Crippen LogP contribution is 2.19. The SMILES string of the molecule is CC(C)OC(=O)CN1CCC(C)(O)C1. The van der Waals surface area contributed by atoms with E-state index >= 15 is 0 Å². The van der Waals surface area contributed by atoms with E-state index in [2.05, 4.69) is 0 Å². The van der Waals surface area contributed by atoms with Crippen LogP contribution in [0.4, 0.5) is 0 Å². The van der Waals surface area contributed by atoms with Crippen LogP contribution in [-0.2, 0) is 9.53 Å². The van der Waals surface area contributed by atoms with Gasteiger partial charge in [-0.2, -0.15) is 0 Å². The molecule has 0 amide bonds. The fraction of sp³-hybridized carbons (Fsp3) is 0.900. The van der Waals surface area contributed by atoms with Crippen molar-refractivity contribution >= 4 is 5.97 Å². The molecule has 0 aromatic rings. The van der Waals surface area contributed by atoms with Crippen molar-refractivity contribution in [2.75, 3.05) is 19.6 Å². The highest BCUT2D eigenvalue weighted by Gasteiger charge is 2.32. The third-order valence-electron chi connectivity index (χ3n) is 2.25. The van der Waals surface area contributed by atoms with E-state index in [1.165, 1.54) is 0 Å². The van der Waals surface area contributed by atoms with Crippen LogP contribution in [0.2, 0.25) is 0 Å². The first-order valence-corrected chi connectivity index (χ1v) is 5.03. The molecule has 4 nitrogen and oxygen atoms in total. The van der Waals surface area contributed by atoms with Crippen molar-refractivity contribution in [3.63, 3.8) is 0 Å². The molecule has 0 radical (unpaired) electrons. The standard InChI is InChI=1S/C10H19NO3/c1-8(2)14-9(12)6-11-5-4-10(3,13)7-11/h8,13H,4-7H2,1-3H3. The molecule has 0 bridgehead atoms. The number of β-amino-alcohol motifs (C(OH)–C–C–N with tert-alkyl or cyclic N) is 1. The van der Waals surface area contributed by atoms with Crippen molar-refractivity contribution in [1.82, 2.24) is 4.90 Å². The molecule has 0 aromatic carbocycles. The Morgan fingerprint density at radius 2 is 2.29 bits per heavy atom. The van der Waals surface area contributed by atoms with E-state index in [-0.39, 0.29) is 18.6 Å². The quantitative estimate of drug-likeness (QED) is 0.671. The molecule has 1 heterocycles. The van der Waals surface area contributed by atoms with Gasteiger partial charge in [0.1, 0.15) is 0 Å². The second-order valence-electron chi connectivity index (χ2n) is 4.50. The maximum absolute atomic E-state index is 11.3. The van der Waals surface area contributed by atoms with Crippen molar-refractivity contribution in [2.45, 2.75) is 38.9 Å². The lowest BCUT2D eigenvalue weighted by molar-refractivity contribution is -0.148. The summed E-state index contributed by atoms with van der Waals surface area (Å²) in [4.78, 5) is 13.2. The molecule has 1 rings (SSSR count). The second kappa shape index (κ2) is 4.28. The molecule has 0 spiro atoms. The highest BCUT2D eigenvalue weighted by molar-refractivity contribution is 5.71. The third kappa shape index (κ3) is 3.64. The minimum atomic E-state index is -0.641. The lowest BCUT2D eigenvalue weighted by Gasteiger charge is -2.18. The van der Waals surface area contributed by atoms with Crippen LogP contribution in [0, 0.1) is 0 Å². The highest BCUT2D eigenvalue weighted by atomic mass is 16.5. The lowest BCUT2D eigenvalue weighted by atomic mass is 10.1. The lowest BCUT2D eigenvalue weighted by Crippen LogP contribution is -2.34. The number of hydrogen-bond acceptors (Lipinski definition) is 4. The number of rotatable bonds is 3. The Morgan fingerprint density at radius 3 is 2.71 bits per heavy atom. The number of ether oxygens (including phenoxy) is 1. The van der Waals surface area contributed by atoms with Crippen LogP contribution < -0.4 is 0 Å². The van der Waals surface area contributed by atoms with Crippen LogP contribution in [0.3, 0.4) is 0 Å². The van der Waals surface area contributed by atoms with Gasteiger partial charge >= 0.3 is 5.97 Å². The fourth-order valence-corrected chi connectivity index (χ4v) is 1.66. The summed E-state index contributed by atoms with van der Waals surface area (Å²) in [5.41, 5.74) is -0.641. The molecule has 4 heteroatoms. The zero-order chi connectivity index (χ0) is 10.8. The molecule has 1 aliphatic rings. The van der Waals surface area contributed by atoms with Gasteiger partial charge in [-0.25, -0.2) is 0 Å². The van der Waals surface area contributed by atoms with E-state index < -0.39 is 5.60 Å². The van der Waals surface area contributed by atoms with Crippen LogP contribution in [0.5, 0.6) is 0 Å². The molecule has 0 saturated carbocycles. The number of nitrogens with zero attached hydrogens (tertiary/aromatic N) is 1. The minimum Gasteiger partial charge on any atom is -0.462 e. The molecular formula is C10H19NO3. The van der Waals surface area contributed by atoms with Crippen LogP contribution >= 0.6 is 0 Å². The predicted octanol–water partition coefficient (Wildman–Crippen LogP) is 0.395. The number of esters is 1. The Balaban J connectivity index is 2.29. The van der Waals surface area contributed by atoms with Gasteiger partial charge in [0.05, 0.1) is 18.2 Å². The Bertz CT molecular complexity index is 213. The van der Waals surface area contributed by atoms with E-state index in [9.17, 15) is 9.90 Å². The topological polar surface area (TPSA) is 49.8 Å². The number of aliphatic hydroxyl groups is 1. The Morgan fingerprint density at radius 1 is 1.64 bits per heavy atom. The van der Waals surface area contributed by atoms with Crippen LogP contribution in [-0.4, -0.2) is 47.3 Å². The summed E-state index contributed by atoms with van der Waals surface area (Å²) in [6, 6.07) is 0. The number of likely N-dealkylation sites (tertiary alicyclic amines) is 1. The predicted molar refractivity (Wildman–Crippen MR) is 52.9 cm³/mol. The Kier molecular flexibility index (Phi) is 3.50. The van der Waals surface area contributed by atoms with E-state index in [0.29, 0.717) is 6.54 Å². The summed E-state index contributed by atoms with van der Waals surface area (Å²) in [7, 11) is 0. The summed E-state index contributed by atoms with van der Waals surface area (Å²) in [5.74, 6) is -0.210. The van der Waals surface area contributed by atoms with Gasteiger partial charge < -0.3 is 9.84 Å². The zero-order valence-corrected chi connectivity index (χ0v) is 9.12. The van der Waals surface area contributed by atoms with Gasteiger partial charge in [0.15, 0.2) is 0 Å². The first-order valence-electron chi connectivity index (χ1n) is 5.03. The molecular weight excluding hydrogens is 182 g/mol. The van der Waals surface area contributed by atoms with Gasteiger partial charge in [-0.1, -0.05) is 0 Å². The van der Waals surface area contributed by atoms with Gasteiger partial charge in [0, 0.05) is 13.1 Å². The Hall–Kier alpha value is -0.610. The minimum absolute atomic E-state index is 0.0642. The average Bonchev–Trinajstić information content (AvgIpc) is 2.27. The number of carbonyl (C=O) groups is 1. The smallest absolute Gasteiger partial charge is 0.320 e. The first kappa shape index (κ1) is 11.5. The summed E-state index contributed by atoms with van der Waals surface area (Å²) in [6.07, 6.45) is 0.660. The van der Waals surface area contributed by atoms with Gasteiger partial charge in [-0.15, -0.1) is 0 Å². The number of hydrogen-bond donors (Lipinski definition) is 1. The van der Waals surface area contributed by atoms with Crippen molar-refractivity contribution < 1.29 is 14.6 Å². The van der Waals surface area contributed by atoms with E-state index in [4.69, 9.17) is 4.74 Å². The maximum atomic E-state index is 11.3. The normalized spacial score (nSPS) is 28.4.